The van der Waals surface area contributed by atoms with Gasteiger partial charge in [-0.15, -0.1) is 5.10 Å². The number of hydrogen-bond donors (Lipinski definition) is 1. The van der Waals surface area contributed by atoms with E-state index >= 15 is 0 Å². The van der Waals surface area contributed by atoms with Gasteiger partial charge in [0, 0.05) is 5.69 Å². The maximum Gasteiger partial charge on any atom is 0.278 e. The Balaban J connectivity index is 1.52. The number of amides is 1. The van der Waals surface area contributed by atoms with Crippen molar-refractivity contribution in [3.05, 3.63) is 76.9 Å². The summed E-state index contributed by atoms with van der Waals surface area (Å²) in [6, 6.07) is 13.9. The van der Waals surface area contributed by atoms with Crippen molar-refractivity contribution in [2.24, 2.45) is 0 Å². The van der Waals surface area contributed by atoms with Gasteiger partial charge in [-0.2, -0.15) is 0 Å². The number of benzene rings is 2. The van der Waals surface area contributed by atoms with Crippen molar-refractivity contribution in [1.82, 2.24) is 15.0 Å². The minimum absolute atomic E-state index is 0.215. The molecular formula is C20H19FN4O2. The molecule has 3 aromatic rings. The summed E-state index contributed by atoms with van der Waals surface area (Å²) >= 11 is 0. The monoisotopic (exact) mass is 366 g/mol. The van der Waals surface area contributed by atoms with Crippen LogP contribution in [0.4, 0.5) is 10.1 Å². The molecule has 1 aliphatic rings. The van der Waals surface area contributed by atoms with Crippen LogP contribution in [0.5, 0.6) is 0 Å². The van der Waals surface area contributed by atoms with Crippen LogP contribution in [0.25, 0.3) is 0 Å². The first-order valence-corrected chi connectivity index (χ1v) is 8.84. The number of ether oxygens (including phenoxy) is 1. The van der Waals surface area contributed by atoms with Crippen molar-refractivity contribution in [3.63, 3.8) is 0 Å². The number of aromatic nitrogens is 3. The number of aryl methyl sites for hydroxylation is 1. The van der Waals surface area contributed by atoms with Gasteiger partial charge in [0.1, 0.15) is 11.9 Å². The second kappa shape index (κ2) is 7.28. The van der Waals surface area contributed by atoms with Gasteiger partial charge in [0.05, 0.1) is 18.8 Å². The third kappa shape index (κ3) is 3.46. The average Bonchev–Trinajstić information content (AvgIpc) is 3.12. The quantitative estimate of drug-likeness (QED) is 0.767. The number of nitrogens with one attached hydrogen (secondary N) is 1. The SMILES string of the molecule is CCc1ccccc1NC(=O)c1nnn2c1COC(c1ccc(F)cc1)C2. The number of fused-ring (bicyclic) bond motifs is 1. The molecule has 0 saturated heterocycles. The van der Waals surface area contributed by atoms with Crippen LogP contribution in [0.15, 0.2) is 48.5 Å². The largest absolute Gasteiger partial charge is 0.365 e. The van der Waals surface area contributed by atoms with Crippen molar-refractivity contribution in [3.8, 4) is 0 Å². The van der Waals surface area contributed by atoms with E-state index in [4.69, 9.17) is 4.74 Å². The summed E-state index contributed by atoms with van der Waals surface area (Å²) in [4.78, 5) is 12.7. The fourth-order valence-electron chi connectivity index (χ4n) is 3.20. The van der Waals surface area contributed by atoms with E-state index in [0.717, 1.165) is 23.2 Å². The number of anilines is 1. The highest BCUT2D eigenvalue weighted by Crippen LogP contribution is 2.27. The predicted molar refractivity (Wildman–Crippen MR) is 97.7 cm³/mol. The number of carbonyl (C=O) groups excluding carboxylic acids is 1. The zero-order valence-electron chi connectivity index (χ0n) is 14.9. The summed E-state index contributed by atoms with van der Waals surface area (Å²) in [6.07, 6.45) is 0.565. The Morgan fingerprint density at radius 3 is 2.81 bits per heavy atom. The maximum absolute atomic E-state index is 13.1. The molecule has 1 amide bonds. The van der Waals surface area contributed by atoms with Gasteiger partial charge in [-0.1, -0.05) is 42.5 Å². The van der Waals surface area contributed by atoms with Crippen LogP contribution in [0.2, 0.25) is 0 Å². The lowest BCUT2D eigenvalue weighted by atomic mass is 10.1. The molecule has 27 heavy (non-hydrogen) atoms. The molecule has 7 heteroatoms. The van der Waals surface area contributed by atoms with Gasteiger partial charge in [0.25, 0.3) is 5.91 Å². The van der Waals surface area contributed by atoms with Crippen LogP contribution in [-0.2, 0) is 24.3 Å². The van der Waals surface area contributed by atoms with E-state index in [9.17, 15) is 9.18 Å². The lowest BCUT2D eigenvalue weighted by Gasteiger charge is -2.24. The van der Waals surface area contributed by atoms with Crippen LogP contribution in [0.3, 0.4) is 0 Å². The molecule has 1 unspecified atom stereocenters. The van der Waals surface area contributed by atoms with E-state index in [1.54, 1.807) is 16.8 Å². The lowest BCUT2D eigenvalue weighted by Crippen LogP contribution is -2.24. The van der Waals surface area contributed by atoms with Crippen molar-refractivity contribution in [2.75, 3.05) is 5.32 Å². The second-order valence-corrected chi connectivity index (χ2v) is 6.38. The number of para-hydroxylation sites is 1. The first-order valence-electron chi connectivity index (χ1n) is 8.84. The van der Waals surface area contributed by atoms with Crippen LogP contribution < -0.4 is 5.32 Å². The zero-order valence-corrected chi connectivity index (χ0v) is 14.9. The Bertz CT molecular complexity index is 968. The fourth-order valence-corrected chi connectivity index (χ4v) is 3.20. The molecular weight excluding hydrogens is 347 g/mol. The topological polar surface area (TPSA) is 69.0 Å². The van der Waals surface area contributed by atoms with E-state index in [0.29, 0.717) is 12.2 Å². The maximum atomic E-state index is 13.1. The minimum atomic E-state index is -0.305. The molecule has 0 spiro atoms. The number of hydrogen-bond acceptors (Lipinski definition) is 4. The Labute approximate surface area is 156 Å². The summed E-state index contributed by atoms with van der Waals surface area (Å²) in [5, 5.41) is 11.1. The van der Waals surface area contributed by atoms with E-state index in [1.165, 1.54) is 12.1 Å². The Morgan fingerprint density at radius 2 is 2.04 bits per heavy atom. The summed E-state index contributed by atoms with van der Waals surface area (Å²) in [5.41, 5.74) is 3.59. The highest BCUT2D eigenvalue weighted by atomic mass is 19.1. The molecule has 0 fully saturated rings. The molecule has 0 bridgehead atoms. The normalized spacial score (nSPS) is 16.0. The first kappa shape index (κ1) is 17.4. The molecule has 0 radical (unpaired) electrons. The van der Waals surface area contributed by atoms with E-state index in [1.807, 2.05) is 31.2 Å². The molecule has 6 nitrogen and oxygen atoms in total. The van der Waals surface area contributed by atoms with E-state index < -0.39 is 0 Å². The molecule has 2 aromatic carbocycles. The molecule has 1 atom stereocenters. The summed E-state index contributed by atoms with van der Waals surface area (Å²) < 4.78 is 20.7. The molecule has 1 aromatic heterocycles. The molecule has 0 saturated carbocycles. The smallest absolute Gasteiger partial charge is 0.278 e. The summed E-state index contributed by atoms with van der Waals surface area (Å²) in [7, 11) is 0. The predicted octanol–water partition coefficient (Wildman–Crippen LogP) is 3.50. The zero-order chi connectivity index (χ0) is 18.8. The van der Waals surface area contributed by atoms with Crippen molar-refractivity contribution in [1.29, 1.82) is 0 Å². The van der Waals surface area contributed by atoms with Gasteiger partial charge in [-0.25, -0.2) is 9.07 Å². The van der Waals surface area contributed by atoms with Crippen molar-refractivity contribution >= 4 is 11.6 Å². The Hall–Kier alpha value is -3.06. The first-order chi connectivity index (χ1) is 13.2. The number of carbonyl (C=O) groups is 1. The fraction of sp³-hybridized carbons (Fsp3) is 0.250. The molecule has 1 N–H and O–H groups in total. The van der Waals surface area contributed by atoms with Gasteiger partial charge in [0.2, 0.25) is 0 Å². The number of nitrogens with zero attached hydrogens (tertiary/aromatic N) is 3. The van der Waals surface area contributed by atoms with Gasteiger partial charge >= 0.3 is 0 Å². The minimum Gasteiger partial charge on any atom is -0.365 e. The van der Waals surface area contributed by atoms with E-state index in [-0.39, 0.29) is 30.1 Å². The van der Waals surface area contributed by atoms with Crippen LogP contribution in [0.1, 0.15) is 40.3 Å². The highest BCUT2D eigenvalue weighted by Gasteiger charge is 2.28. The van der Waals surface area contributed by atoms with Crippen molar-refractivity contribution < 1.29 is 13.9 Å². The molecule has 1 aliphatic heterocycles. The van der Waals surface area contributed by atoms with E-state index in [2.05, 4.69) is 15.6 Å². The lowest BCUT2D eigenvalue weighted by molar-refractivity contribution is -0.00174. The Morgan fingerprint density at radius 1 is 1.26 bits per heavy atom. The average molecular weight is 366 g/mol. The van der Waals surface area contributed by atoms with Gasteiger partial charge in [-0.3, -0.25) is 4.79 Å². The summed E-state index contributed by atoms with van der Waals surface area (Å²) in [5.74, 6) is -0.594. The van der Waals surface area contributed by atoms with Crippen LogP contribution in [-0.4, -0.2) is 20.9 Å². The van der Waals surface area contributed by atoms with Crippen LogP contribution >= 0.6 is 0 Å². The Kier molecular flexibility index (Phi) is 4.68. The molecule has 0 aliphatic carbocycles. The van der Waals surface area contributed by atoms with Gasteiger partial charge in [0.15, 0.2) is 5.69 Å². The molecule has 4 rings (SSSR count). The standard InChI is InChI=1S/C20H19FN4O2/c1-2-13-5-3-4-6-16(13)22-20(26)19-17-12-27-18(11-25(17)24-23-19)14-7-9-15(21)10-8-14/h3-10,18H,2,11-12H2,1H3,(H,22,26). The van der Waals surface area contributed by atoms with Gasteiger partial charge < -0.3 is 10.1 Å². The van der Waals surface area contributed by atoms with Crippen molar-refractivity contribution in [2.45, 2.75) is 32.6 Å². The van der Waals surface area contributed by atoms with Gasteiger partial charge in [-0.05, 0) is 35.7 Å². The third-order valence-electron chi connectivity index (χ3n) is 4.70. The van der Waals surface area contributed by atoms with Crippen LogP contribution in [0, 0.1) is 5.82 Å². The number of rotatable bonds is 4. The molecule has 138 valence electrons. The highest BCUT2D eigenvalue weighted by molar-refractivity contribution is 6.04. The summed E-state index contributed by atoms with van der Waals surface area (Å²) in [6.45, 7) is 2.68. The number of halogens is 1. The second-order valence-electron chi connectivity index (χ2n) is 6.38. The third-order valence-corrected chi connectivity index (χ3v) is 4.70. The molecule has 2 heterocycles.